The molecule has 0 aliphatic rings. The molecule has 10 heteroatoms. The second-order valence-corrected chi connectivity index (χ2v) is 2.72. The molecule has 92 valence electrons. The van der Waals surface area contributed by atoms with E-state index in [1.165, 1.54) is 0 Å². The Labute approximate surface area is 89.3 Å². The molecule has 0 saturated heterocycles. The van der Waals surface area contributed by atoms with Gasteiger partial charge in [0.25, 0.3) is 0 Å². The summed E-state index contributed by atoms with van der Waals surface area (Å²) >= 11 is 0. The maximum absolute atomic E-state index is 13.2. The van der Waals surface area contributed by atoms with Gasteiger partial charge in [0, 0.05) is 0 Å². The Balaban J connectivity index is 6.25. The van der Waals surface area contributed by atoms with Gasteiger partial charge in [-0.1, -0.05) is 0 Å². The lowest BCUT2D eigenvalue weighted by Gasteiger charge is -2.34. The Hall–Kier alpha value is -2.02. The van der Waals surface area contributed by atoms with Crippen LogP contribution in [-0.2, 0) is 0 Å². The first-order chi connectivity index (χ1) is 7.43. The third-order valence-corrected chi connectivity index (χ3v) is 1.72. The van der Waals surface area contributed by atoms with Crippen molar-refractivity contribution in [2.24, 2.45) is 0 Å². The van der Waals surface area contributed by atoms with E-state index in [0.29, 0.717) is 0 Å². The van der Waals surface area contributed by atoms with Crippen LogP contribution in [0.4, 0.5) is 30.7 Å². The minimum absolute atomic E-state index is 0.408. The number of nitrogens with zero attached hydrogens (tertiary/aromatic N) is 3. The first-order valence-corrected chi connectivity index (χ1v) is 3.49. The maximum atomic E-state index is 13.2. The lowest BCUT2D eigenvalue weighted by molar-refractivity contribution is -0.275. The molecular formula is C7F7N3. The highest BCUT2D eigenvalue weighted by Crippen LogP contribution is 2.52. The van der Waals surface area contributed by atoms with Crippen LogP contribution < -0.4 is 0 Å². The van der Waals surface area contributed by atoms with Gasteiger partial charge in [-0.2, -0.15) is 42.1 Å². The Bertz CT molecular complexity index is 371. The van der Waals surface area contributed by atoms with Crippen LogP contribution in [0.25, 0.3) is 0 Å². The SMILES string of the molecule is N#CC(F)(F)C(F)(C(F)(F)C#N)C(F)(F)C#N. The fourth-order valence-electron chi connectivity index (χ4n) is 0.823. The molecular weight excluding hydrogens is 259 g/mol. The molecule has 17 heavy (non-hydrogen) atoms. The molecule has 0 aromatic heterocycles. The van der Waals surface area contributed by atoms with Gasteiger partial charge in [-0.05, 0) is 0 Å². The highest BCUT2D eigenvalue weighted by Gasteiger charge is 2.83. The van der Waals surface area contributed by atoms with Crippen LogP contribution in [0.1, 0.15) is 0 Å². The monoisotopic (exact) mass is 259 g/mol. The molecule has 3 nitrogen and oxygen atoms in total. The first kappa shape index (κ1) is 15.0. The minimum Gasteiger partial charge on any atom is -0.220 e. The van der Waals surface area contributed by atoms with Gasteiger partial charge in [-0.25, -0.2) is 4.39 Å². The Morgan fingerprint density at radius 1 is 0.529 bits per heavy atom. The third-order valence-electron chi connectivity index (χ3n) is 1.72. The van der Waals surface area contributed by atoms with Crippen molar-refractivity contribution in [3.05, 3.63) is 0 Å². The van der Waals surface area contributed by atoms with Crippen molar-refractivity contribution >= 4 is 0 Å². The second-order valence-electron chi connectivity index (χ2n) is 2.72. The van der Waals surface area contributed by atoms with E-state index >= 15 is 0 Å². The molecule has 0 aliphatic heterocycles. The van der Waals surface area contributed by atoms with Crippen molar-refractivity contribution in [3.8, 4) is 18.2 Å². The molecule has 0 aliphatic carbocycles. The summed E-state index contributed by atoms with van der Waals surface area (Å²) < 4.78 is 88.6. The van der Waals surface area contributed by atoms with Crippen molar-refractivity contribution in [2.45, 2.75) is 23.4 Å². The quantitative estimate of drug-likeness (QED) is 0.729. The summed E-state index contributed by atoms with van der Waals surface area (Å²) in [5, 5.41) is 23.2. The van der Waals surface area contributed by atoms with Crippen LogP contribution in [0.3, 0.4) is 0 Å². The van der Waals surface area contributed by atoms with Gasteiger partial charge in [-0.15, -0.1) is 0 Å². The number of rotatable bonds is 3. The summed E-state index contributed by atoms with van der Waals surface area (Å²) in [7, 11) is 0. The summed E-state index contributed by atoms with van der Waals surface area (Å²) in [6, 6.07) is -1.22. The van der Waals surface area contributed by atoms with Crippen LogP contribution in [-0.4, -0.2) is 23.4 Å². The van der Waals surface area contributed by atoms with Crippen LogP contribution in [0, 0.1) is 34.0 Å². The minimum atomic E-state index is -6.24. The van der Waals surface area contributed by atoms with Crippen molar-refractivity contribution in [1.29, 1.82) is 15.8 Å². The van der Waals surface area contributed by atoms with Crippen molar-refractivity contribution < 1.29 is 30.7 Å². The number of nitriles is 3. The van der Waals surface area contributed by atoms with E-state index in [1.807, 2.05) is 0 Å². The van der Waals surface area contributed by atoms with Gasteiger partial charge in [0.05, 0.1) is 0 Å². The highest BCUT2D eigenvalue weighted by atomic mass is 19.3. The zero-order valence-electron chi connectivity index (χ0n) is 7.49. The van der Waals surface area contributed by atoms with Crippen molar-refractivity contribution in [2.75, 3.05) is 0 Å². The lowest BCUT2D eigenvalue weighted by atomic mass is 9.85. The third kappa shape index (κ3) is 1.74. The highest BCUT2D eigenvalue weighted by molar-refractivity contribution is 5.29. The van der Waals surface area contributed by atoms with E-state index in [-0.39, 0.29) is 0 Å². The molecule has 0 aromatic rings. The van der Waals surface area contributed by atoms with Crippen LogP contribution in [0.5, 0.6) is 0 Å². The number of hydrogen-bond acceptors (Lipinski definition) is 3. The molecule has 0 amide bonds. The van der Waals surface area contributed by atoms with E-state index in [4.69, 9.17) is 15.8 Å². The Morgan fingerprint density at radius 3 is 0.824 bits per heavy atom. The van der Waals surface area contributed by atoms with Crippen molar-refractivity contribution in [1.82, 2.24) is 0 Å². The average molecular weight is 259 g/mol. The molecule has 0 saturated carbocycles. The molecule has 0 unspecified atom stereocenters. The lowest BCUT2D eigenvalue weighted by Crippen LogP contribution is -2.66. The molecule has 0 heterocycles. The van der Waals surface area contributed by atoms with Gasteiger partial charge in [-0.3, -0.25) is 0 Å². The molecule has 0 radical (unpaired) electrons. The normalized spacial score (nSPS) is 13.4. The summed E-state index contributed by atoms with van der Waals surface area (Å²) in [5.41, 5.74) is -6.24. The molecule has 0 rings (SSSR count). The van der Waals surface area contributed by atoms with E-state index in [1.54, 1.807) is 0 Å². The Morgan fingerprint density at radius 2 is 0.706 bits per heavy atom. The van der Waals surface area contributed by atoms with E-state index in [2.05, 4.69) is 0 Å². The number of hydrogen-bond donors (Lipinski definition) is 0. The molecule has 0 spiro atoms. The van der Waals surface area contributed by atoms with Crippen molar-refractivity contribution in [3.63, 3.8) is 0 Å². The first-order valence-electron chi connectivity index (χ1n) is 3.49. The molecule has 0 N–H and O–H groups in total. The van der Waals surface area contributed by atoms with E-state index < -0.39 is 41.6 Å². The molecule has 0 bridgehead atoms. The maximum Gasteiger partial charge on any atom is 0.379 e. The van der Waals surface area contributed by atoms with Crippen LogP contribution >= 0.6 is 0 Å². The largest absolute Gasteiger partial charge is 0.379 e. The van der Waals surface area contributed by atoms with Gasteiger partial charge < -0.3 is 0 Å². The summed E-state index contributed by atoms with van der Waals surface area (Å²) in [5.74, 6) is -17.8. The number of halogens is 7. The predicted molar refractivity (Wildman–Crippen MR) is 35.5 cm³/mol. The van der Waals surface area contributed by atoms with Gasteiger partial charge in [0.2, 0.25) is 0 Å². The molecule has 0 atom stereocenters. The topological polar surface area (TPSA) is 71.4 Å². The zero-order chi connectivity index (χ0) is 14.1. The fourth-order valence-corrected chi connectivity index (χ4v) is 0.823. The molecule has 0 fully saturated rings. The van der Waals surface area contributed by atoms with E-state index in [0.717, 1.165) is 0 Å². The fraction of sp³-hybridized carbons (Fsp3) is 0.571. The van der Waals surface area contributed by atoms with Gasteiger partial charge in [0.1, 0.15) is 18.2 Å². The average Bonchev–Trinajstić information content (AvgIpc) is 2.27. The van der Waals surface area contributed by atoms with Gasteiger partial charge >= 0.3 is 23.4 Å². The molecule has 0 aromatic carbocycles. The summed E-state index contributed by atoms with van der Waals surface area (Å²) in [4.78, 5) is 0. The zero-order valence-corrected chi connectivity index (χ0v) is 7.49. The van der Waals surface area contributed by atoms with E-state index in [9.17, 15) is 30.7 Å². The van der Waals surface area contributed by atoms with Crippen LogP contribution in [0.2, 0.25) is 0 Å². The summed E-state index contributed by atoms with van der Waals surface area (Å²) in [6.45, 7) is 0. The van der Waals surface area contributed by atoms with Gasteiger partial charge in [0.15, 0.2) is 0 Å². The summed E-state index contributed by atoms with van der Waals surface area (Å²) in [6.07, 6.45) is 0. The number of alkyl halides is 7. The second kappa shape index (κ2) is 3.77. The standard InChI is InChI=1S/C7F7N3/c8-4(9,1-15)7(14,5(10,11)2-16)6(12,13)3-17. The predicted octanol–water partition coefficient (Wildman–Crippen LogP) is 2.17. The van der Waals surface area contributed by atoms with Crippen LogP contribution in [0.15, 0.2) is 0 Å². The Kier molecular flexibility index (Phi) is 3.33. The smallest absolute Gasteiger partial charge is 0.220 e.